The summed E-state index contributed by atoms with van der Waals surface area (Å²) in [7, 11) is -4.33. The van der Waals surface area contributed by atoms with Crippen molar-refractivity contribution >= 4 is 25.4 Å². The zero-order valence-electron chi connectivity index (χ0n) is 21.7. The van der Waals surface area contributed by atoms with Gasteiger partial charge < -0.3 is 0 Å². The largest absolute Gasteiger partial charge is 0.158 e. The summed E-state index contributed by atoms with van der Waals surface area (Å²) in [5, 5.41) is 2.65. The average Bonchev–Trinajstić information content (AvgIpc) is 3.32. The lowest BCUT2D eigenvalue weighted by atomic mass is 10.1. The molecule has 3 heteroatoms. The van der Waals surface area contributed by atoms with E-state index >= 15 is 0 Å². The van der Waals surface area contributed by atoms with E-state index in [1.54, 1.807) is 0 Å². The van der Waals surface area contributed by atoms with E-state index in [4.69, 9.17) is 13.3 Å². The van der Waals surface area contributed by atoms with Gasteiger partial charge >= 0.3 is 0 Å². The SMILES string of the molecule is [CH2-][P+](c1ccccc1)(c1ccccc1)N(CCCC)[P+]1([CH2-])[C@H](c2ccccc2)C=C[C@H]1c1ccccc1. The number of nitrogens with zero attached hydrogens (tertiary/aromatic N) is 1. The van der Waals surface area contributed by atoms with Crippen molar-refractivity contribution < 1.29 is 0 Å². The second-order valence-electron chi connectivity index (χ2n) is 9.87. The third kappa shape index (κ3) is 4.86. The lowest BCUT2D eigenvalue weighted by Gasteiger charge is -2.51. The van der Waals surface area contributed by atoms with Gasteiger partial charge in [0, 0.05) is 7.41 Å². The van der Waals surface area contributed by atoms with E-state index in [-0.39, 0.29) is 11.3 Å². The monoisotopic (exact) mass is 521 g/mol. The molecule has 1 heterocycles. The number of hydrogen-bond donors (Lipinski definition) is 0. The fourth-order valence-electron chi connectivity index (χ4n) is 5.71. The van der Waals surface area contributed by atoms with Crippen LogP contribution in [-0.2, 0) is 0 Å². The van der Waals surface area contributed by atoms with E-state index in [2.05, 4.69) is 145 Å². The standard InChI is InChI=1S/C34H37NP2/c1-4-5-28-35(36(2,31-22-14-8-15-23-31)32-24-16-9-17-25-32)37(3)33(29-18-10-6-11-19-29)26-27-34(37)30-20-12-7-13-21-30/h6-27,33-34H,2-5,28H2,1H3/t33-,34-/m0/s1. The molecule has 0 unspecified atom stereocenters. The minimum Gasteiger partial charge on any atom is -0.158 e. The molecule has 0 amide bonds. The summed E-state index contributed by atoms with van der Waals surface area (Å²) in [5.41, 5.74) is 3.22. The first-order valence-electron chi connectivity index (χ1n) is 13.2. The lowest BCUT2D eigenvalue weighted by Crippen LogP contribution is -2.37. The molecule has 0 saturated heterocycles. The summed E-state index contributed by atoms with van der Waals surface area (Å²) in [4.78, 5) is 0. The molecule has 37 heavy (non-hydrogen) atoms. The Labute approximate surface area is 225 Å². The number of allylic oxidation sites excluding steroid dienone is 2. The van der Waals surface area contributed by atoms with Crippen LogP contribution in [0.25, 0.3) is 0 Å². The predicted molar refractivity (Wildman–Crippen MR) is 166 cm³/mol. The third-order valence-electron chi connectivity index (χ3n) is 7.62. The van der Waals surface area contributed by atoms with Crippen molar-refractivity contribution in [3.63, 3.8) is 0 Å². The quantitative estimate of drug-likeness (QED) is 0.121. The minimum atomic E-state index is -2.21. The Morgan fingerprint density at radius 2 is 1.03 bits per heavy atom. The van der Waals surface area contributed by atoms with Gasteiger partial charge in [0.2, 0.25) is 0 Å². The highest BCUT2D eigenvalue weighted by molar-refractivity contribution is 7.97. The second kappa shape index (κ2) is 11.4. The summed E-state index contributed by atoms with van der Waals surface area (Å²) < 4.78 is 2.85. The third-order valence-corrected chi connectivity index (χ3v) is 16.8. The van der Waals surface area contributed by atoms with Crippen LogP contribution in [-0.4, -0.2) is 11.0 Å². The van der Waals surface area contributed by atoms with Crippen LogP contribution in [0, 0.1) is 13.3 Å². The van der Waals surface area contributed by atoms with E-state index in [9.17, 15) is 0 Å². The van der Waals surface area contributed by atoms with Crippen molar-refractivity contribution in [3.8, 4) is 0 Å². The first-order valence-corrected chi connectivity index (χ1v) is 17.2. The van der Waals surface area contributed by atoms with Gasteiger partial charge in [0.1, 0.15) is 11.3 Å². The fourth-order valence-corrected chi connectivity index (χ4v) is 15.5. The lowest BCUT2D eigenvalue weighted by molar-refractivity contribution is 0.622. The predicted octanol–water partition coefficient (Wildman–Crippen LogP) is 9.24. The van der Waals surface area contributed by atoms with Crippen molar-refractivity contribution in [2.45, 2.75) is 31.1 Å². The Hall–Kier alpha value is -2.56. The summed E-state index contributed by atoms with van der Waals surface area (Å²) in [5.74, 6) is 0. The van der Waals surface area contributed by atoms with Gasteiger partial charge in [-0.3, -0.25) is 0 Å². The maximum Gasteiger partial charge on any atom is 0.106 e. The van der Waals surface area contributed by atoms with Gasteiger partial charge in [-0.15, -0.1) is 11.1 Å². The second-order valence-corrected chi connectivity index (χ2v) is 16.6. The number of unbranched alkanes of at least 4 members (excludes halogenated alkanes) is 1. The van der Waals surface area contributed by atoms with Crippen LogP contribution >= 0.6 is 14.8 Å². The molecular formula is C34H37NP2. The summed E-state index contributed by atoms with van der Waals surface area (Å²) in [6.07, 6.45) is 7.16. The maximum atomic E-state index is 5.32. The van der Waals surface area contributed by atoms with Crippen molar-refractivity contribution in [1.82, 2.24) is 4.44 Å². The molecule has 0 radical (unpaired) electrons. The van der Waals surface area contributed by atoms with Crippen LogP contribution in [0.3, 0.4) is 0 Å². The summed E-state index contributed by atoms with van der Waals surface area (Å²) >= 11 is 0. The first kappa shape index (κ1) is 26.1. The topological polar surface area (TPSA) is 3.24 Å². The van der Waals surface area contributed by atoms with Gasteiger partial charge in [0.25, 0.3) is 0 Å². The molecular weight excluding hydrogens is 484 g/mol. The van der Waals surface area contributed by atoms with E-state index in [0.29, 0.717) is 0 Å². The smallest absolute Gasteiger partial charge is 0.106 e. The Balaban J connectivity index is 1.77. The van der Waals surface area contributed by atoms with E-state index in [1.165, 1.54) is 21.7 Å². The van der Waals surface area contributed by atoms with Crippen molar-refractivity contribution in [3.05, 3.63) is 158 Å². The van der Waals surface area contributed by atoms with Gasteiger partial charge in [-0.05, 0) is 54.0 Å². The Morgan fingerprint density at radius 1 is 0.649 bits per heavy atom. The van der Waals surface area contributed by atoms with Gasteiger partial charge in [-0.1, -0.05) is 110 Å². The van der Waals surface area contributed by atoms with Crippen LogP contribution in [0.15, 0.2) is 133 Å². The van der Waals surface area contributed by atoms with Crippen molar-refractivity contribution in [2.75, 3.05) is 6.54 Å². The highest BCUT2D eigenvalue weighted by Crippen LogP contribution is 2.89. The Kier molecular flexibility index (Phi) is 8.07. The summed E-state index contributed by atoms with van der Waals surface area (Å²) in [6, 6.07) is 44.1. The van der Waals surface area contributed by atoms with Crippen molar-refractivity contribution in [2.24, 2.45) is 0 Å². The van der Waals surface area contributed by atoms with Crippen LogP contribution < -0.4 is 10.6 Å². The summed E-state index contributed by atoms with van der Waals surface area (Å²) in [6.45, 7) is 13.8. The molecule has 0 aliphatic carbocycles. The Bertz CT molecular complexity index is 1200. The zero-order valence-corrected chi connectivity index (χ0v) is 23.5. The normalized spacial score (nSPS) is 18.8. The molecule has 1 aliphatic heterocycles. The molecule has 4 aromatic rings. The molecule has 0 N–H and O–H groups in total. The first-order chi connectivity index (χ1) is 18.1. The Morgan fingerprint density at radius 3 is 1.41 bits per heavy atom. The number of hydrogen-bond acceptors (Lipinski definition) is 1. The number of rotatable bonds is 9. The molecule has 0 saturated carbocycles. The minimum absolute atomic E-state index is 0.254. The average molecular weight is 522 g/mol. The molecule has 5 rings (SSSR count). The van der Waals surface area contributed by atoms with E-state index in [0.717, 1.165) is 19.4 Å². The van der Waals surface area contributed by atoms with Gasteiger partial charge in [-0.2, -0.15) is 6.66 Å². The fraction of sp³-hybridized carbons (Fsp3) is 0.176. The molecule has 1 nitrogen and oxygen atoms in total. The highest BCUT2D eigenvalue weighted by atomic mass is 31.2. The van der Waals surface area contributed by atoms with Crippen LogP contribution in [0.1, 0.15) is 42.2 Å². The van der Waals surface area contributed by atoms with Crippen LogP contribution in [0.4, 0.5) is 0 Å². The molecule has 0 fully saturated rings. The van der Waals surface area contributed by atoms with Gasteiger partial charge in [0.05, 0.1) is 24.6 Å². The molecule has 4 aromatic carbocycles. The molecule has 188 valence electrons. The van der Waals surface area contributed by atoms with Crippen LogP contribution in [0.5, 0.6) is 0 Å². The maximum absolute atomic E-state index is 5.32. The molecule has 2 atom stereocenters. The van der Waals surface area contributed by atoms with Crippen LogP contribution in [0.2, 0.25) is 0 Å². The van der Waals surface area contributed by atoms with E-state index in [1.807, 2.05) is 0 Å². The van der Waals surface area contributed by atoms with Gasteiger partial charge in [0.15, 0.2) is 0 Å². The molecule has 0 spiro atoms. The number of benzene rings is 4. The zero-order chi connectivity index (χ0) is 25.7. The van der Waals surface area contributed by atoms with Crippen molar-refractivity contribution in [1.29, 1.82) is 0 Å². The molecule has 0 bridgehead atoms. The van der Waals surface area contributed by atoms with Gasteiger partial charge in [-0.25, -0.2) is 0 Å². The van der Waals surface area contributed by atoms with E-state index < -0.39 is 14.8 Å². The molecule has 0 aromatic heterocycles. The molecule has 1 aliphatic rings. The highest BCUT2D eigenvalue weighted by Gasteiger charge is 2.58.